The topological polar surface area (TPSA) is 95.9 Å². The van der Waals surface area contributed by atoms with Crippen molar-refractivity contribution in [3.05, 3.63) is 65.2 Å². The average Bonchev–Trinajstić information content (AvgIpc) is 2.84. The first-order chi connectivity index (χ1) is 17.2. The van der Waals surface area contributed by atoms with E-state index >= 15 is 0 Å². The van der Waals surface area contributed by atoms with E-state index < -0.39 is 5.97 Å². The monoisotopic (exact) mass is 494 g/mol. The molecule has 0 aliphatic heterocycles. The van der Waals surface area contributed by atoms with Gasteiger partial charge in [0.05, 0.1) is 6.61 Å². The lowest BCUT2D eigenvalue weighted by atomic mass is 10.1. The molecule has 0 bridgehead atoms. The predicted molar refractivity (Wildman–Crippen MR) is 143 cm³/mol. The molecule has 2 aromatic carbocycles. The first-order valence-electron chi connectivity index (χ1n) is 12.5. The van der Waals surface area contributed by atoms with Crippen LogP contribution in [0.15, 0.2) is 48.5 Å². The number of allylic oxidation sites excluding steroid dienone is 1. The van der Waals surface area contributed by atoms with E-state index in [1.165, 1.54) is 16.0 Å². The highest BCUT2D eigenvalue weighted by Crippen LogP contribution is 2.25. The number of amides is 2. The minimum Gasteiger partial charge on any atom is -0.493 e. The van der Waals surface area contributed by atoms with E-state index in [9.17, 15) is 14.4 Å². The molecule has 0 aromatic heterocycles. The number of aryl methyl sites for hydroxylation is 2. The van der Waals surface area contributed by atoms with Gasteiger partial charge in [-0.2, -0.15) is 0 Å². The van der Waals surface area contributed by atoms with Gasteiger partial charge in [-0.3, -0.25) is 14.4 Å². The van der Waals surface area contributed by atoms with Gasteiger partial charge >= 0.3 is 5.97 Å². The summed E-state index contributed by atoms with van der Waals surface area (Å²) in [6, 6.07) is 13.7. The number of benzene rings is 2. The molecule has 0 aliphatic carbocycles. The summed E-state index contributed by atoms with van der Waals surface area (Å²) >= 11 is 0. The fourth-order valence-corrected chi connectivity index (χ4v) is 3.53. The van der Waals surface area contributed by atoms with Crippen LogP contribution < -0.4 is 10.1 Å². The summed E-state index contributed by atoms with van der Waals surface area (Å²) in [7, 11) is 3.38. The molecule has 0 saturated heterocycles. The van der Waals surface area contributed by atoms with Gasteiger partial charge in [-0.05, 0) is 68.4 Å². The maximum absolute atomic E-state index is 12.3. The van der Waals surface area contributed by atoms with Crippen molar-refractivity contribution in [2.45, 2.75) is 58.3 Å². The molecule has 0 spiro atoms. The Bertz CT molecular complexity index is 1030. The van der Waals surface area contributed by atoms with E-state index in [2.05, 4.69) is 48.7 Å². The van der Waals surface area contributed by atoms with Crippen molar-refractivity contribution in [2.75, 3.05) is 26.0 Å². The molecule has 7 heteroatoms. The molecule has 2 rings (SSSR count). The smallest absolute Gasteiger partial charge is 0.303 e. The van der Waals surface area contributed by atoms with Crippen molar-refractivity contribution in [3.8, 4) is 5.75 Å². The second kappa shape index (κ2) is 15.4. The van der Waals surface area contributed by atoms with E-state index in [1.807, 2.05) is 0 Å². The molecule has 2 N–H and O–H groups in total. The first-order valence-corrected chi connectivity index (χ1v) is 12.5. The van der Waals surface area contributed by atoms with Crippen LogP contribution in [0.5, 0.6) is 5.75 Å². The van der Waals surface area contributed by atoms with Crippen LogP contribution in [0.25, 0.3) is 6.08 Å². The van der Waals surface area contributed by atoms with E-state index in [1.54, 1.807) is 32.3 Å². The molecule has 7 nitrogen and oxygen atoms in total. The number of ether oxygens (including phenoxy) is 1. The third-order valence-electron chi connectivity index (χ3n) is 5.66. The fourth-order valence-electron chi connectivity index (χ4n) is 3.53. The van der Waals surface area contributed by atoms with E-state index in [-0.39, 0.29) is 24.7 Å². The second-order valence-electron chi connectivity index (χ2n) is 9.06. The predicted octanol–water partition coefficient (Wildman–Crippen LogP) is 5.47. The summed E-state index contributed by atoms with van der Waals surface area (Å²) in [6.45, 7) is 2.60. The van der Waals surface area contributed by atoms with Crippen LogP contribution in [0, 0.1) is 6.92 Å². The fraction of sp³-hybridized carbons (Fsp3) is 0.414. The van der Waals surface area contributed by atoms with Crippen LogP contribution in [-0.2, 0) is 20.8 Å². The van der Waals surface area contributed by atoms with Gasteiger partial charge in [0, 0.05) is 39.0 Å². The number of nitrogens with zero attached hydrogens (tertiary/aromatic N) is 1. The van der Waals surface area contributed by atoms with Gasteiger partial charge in [0.25, 0.3) is 0 Å². The number of carbonyl (C=O) groups is 3. The molecule has 0 aliphatic rings. The Morgan fingerprint density at radius 3 is 2.42 bits per heavy atom. The van der Waals surface area contributed by atoms with E-state index in [0.717, 1.165) is 24.8 Å². The number of unbranched alkanes of at least 4 members (excludes halogenated alkanes) is 2. The van der Waals surface area contributed by atoms with Crippen LogP contribution in [0.2, 0.25) is 0 Å². The van der Waals surface area contributed by atoms with Crippen molar-refractivity contribution in [3.63, 3.8) is 0 Å². The lowest BCUT2D eigenvalue weighted by Gasteiger charge is -2.14. The van der Waals surface area contributed by atoms with Crippen molar-refractivity contribution in [2.24, 2.45) is 0 Å². The molecular formula is C29H38N2O5. The largest absolute Gasteiger partial charge is 0.493 e. The van der Waals surface area contributed by atoms with Gasteiger partial charge in [-0.15, -0.1) is 0 Å². The zero-order chi connectivity index (χ0) is 26.3. The number of aliphatic carboxylic acids is 1. The zero-order valence-electron chi connectivity index (χ0n) is 21.6. The van der Waals surface area contributed by atoms with Gasteiger partial charge in [-0.25, -0.2) is 0 Å². The summed E-state index contributed by atoms with van der Waals surface area (Å²) in [5.74, 6) is -0.442. The van der Waals surface area contributed by atoms with E-state index in [0.29, 0.717) is 37.3 Å². The molecule has 2 amide bonds. The van der Waals surface area contributed by atoms with Crippen LogP contribution in [-0.4, -0.2) is 48.5 Å². The van der Waals surface area contributed by atoms with Gasteiger partial charge in [0.2, 0.25) is 11.8 Å². The average molecular weight is 495 g/mol. The van der Waals surface area contributed by atoms with Crippen LogP contribution >= 0.6 is 0 Å². The van der Waals surface area contributed by atoms with Crippen molar-refractivity contribution >= 4 is 29.5 Å². The number of hydrogen-bond acceptors (Lipinski definition) is 4. The summed E-state index contributed by atoms with van der Waals surface area (Å²) in [5.41, 5.74) is 3.77. The zero-order valence-corrected chi connectivity index (χ0v) is 21.6. The third kappa shape index (κ3) is 11.2. The molecule has 0 unspecified atom stereocenters. The van der Waals surface area contributed by atoms with Crippen LogP contribution in [0.4, 0.5) is 5.69 Å². The molecule has 0 atom stereocenters. The Morgan fingerprint density at radius 2 is 1.72 bits per heavy atom. The highest BCUT2D eigenvalue weighted by molar-refractivity contribution is 5.91. The maximum atomic E-state index is 12.3. The van der Waals surface area contributed by atoms with Crippen molar-refractivity contribution < 1.29 is 24.2 Å². The number of carbonyl (C=O) groups excluding carboxylic acids is 2. The SMILES string of the molecule is Cc1ccc(C=CCCCCOc2ccc(NC(=O)CCCC(=O)N(C)C)cc2CCC(=O)O)cc1. The Morgan fingerprint density at radius 1 is 0.972 bits per heavy atom. The number of carboxylic acid groups (broad SMARTS) is 1. The molecular weight excluding hydrogens is 456 g/mol. The molecule has 0 heterocycles. The van der Waals surface area contributed by atoms with Gasteiger partial charge in [0.1, 0.15) is 5.75 Å². The molecule has 0 saturated carbocycles. The molecule has 0 radical (unpaired) electrons. The third-order valence-corrected chi connectivity index (χ3v) is 5.66. The number of rotatable bonds is 15. The molecule has 2 aromatic rings. The first kappa shape index (κ1) is 28.6. The lowest BCUT2D eigenvalue weighted by Crippen LogP contribution is -2.21. The summed E-state index contributed by atoms with van der Waals surface area (Å²) < 4.78 is 5.95. The highest BCUT2D eigenvalue weighted by atomic mass is 16.5. The van der Waals surface area contributed by atoms with Crippen LogP contribution in [0.1, 0.15) is 61.6 Å². The molecule has 0 fully saturated rings. The Labute approximate surface area is 214 Å². The summed E-state index contributed by atoms with van der Waals surface area (Å²) in [6.07, 6.45) is 8.41. The normalized spacial score (nSPS) is 10.9. The lowest BCUT2D eigenvalue weighted by molar-refractivity contribution is -0.137. The second-order valence-corrected chi connectivity index (χ2v) is 9.06. The number of nitrogens with one attached hydrogen (secondary N) is 1. The van der Waals surface area contributed by atoms with Crippen LogP contribution in [0.3, 0.4) is 0 Å². The quantitative estimate of drug-likeness (QED) is 0.320. The highest BCUT2D eigenvalue weighted by Gasteiger charge is 2.11. The Kier molecular flexibility index (Phi) is 12.2. The van der Waals surface area contributed by atoms with Crippen molar-refractivity contribution in [1.29, 1.82) is 0 Å². The minimum atomic E-state index is -0.888. The number of anilines is 1. The van der Waals surface area contributed by atoms with Gasteiger partial charge in [0.15, 0.2) is 0 Å². The maximum Gasteiger partial charge on any atom is 0.303 e. The molecule has 36 heavy (non-hydrogen) atoms. The summed E-state index contributed by atoms with van der Waals surface area (Å²) in [5, 5.41) is 11.9. The number of carboxylic acids is 1. The minimum absolute atomic E-state index is 0.0115. The Hall–Kier alpha value is -3.61. The van der Waals surface area contributed by atoms with Gasteiger partial charge < -0.3 is 20.1 Å². The molecule has 194 valence electrons. The van der Waals surface area contributed by atoms with E-state index in [4.69, 9.17) is 9.84 Å². The number of hydrogen-bond donors (Lipinski definition) is 2. The van der Waals surface area contributed by atoms with Crippen molar-refractivity contribution in [1.82, 2.24) is 4.90 Å². The Balaban J connectivity index is 1.83. The summed E-state index contributed by atoms with van der Waals surface area (Å²) in [4.78, 5) is 36.5. The standard InChI is InChI=1S/C29H38N2O5/c1-22-12-14-23(15-13-22)9-6-4-5-7-20-36-26-18-17-25(21-24(26)16-19-29(34)35)30-27(32)10-8-11-28(33)31(2)3/h6,9,12-15,17-18,21H,4-5,7-8,10-11,16,19-20H2,1-3H3,(H,30,32)(H,34,35). The van der Waals surface area contributed by atoms with Gasteiger partial charge in [-0.1, -0.05) is 42.0 Å².